The Morgan fingerprint density at radius 2 is 2.00 bits per heavy atom. The van der Waals surface area contributed by atoms with E-state index in [1.54, 1.807) is 24.3 Å². The highest BCUT2D eigenvalue weighted by molar-refractivity contribution is 6.33. The fourth-order valence-electron chi connectivity index (χ4n) is 2.08. The van der Waals surface area contributed by atoms with Crippen LogP contribution in [0.4, 0.5) is 0 Å². The van der Waals surface area contributed by atoms with Crippen LogP contribution in [0.3, 0.4) is 0 Å². The molecule has 1 aliphatic heterocycles. The van der Waals surface area contributed by atoms with E-state index in [4.69, 9.17) is 21.1 Å². The number of carbonyl (C=O) groups excluding carboxylic acids is 1. The Balaban J connectivity index is 1.73. The monoisotopic (exact) mass is 316 g/mol. The minimum absolute atomic E-state index is 0.177. The van der Waals surface area contributed by atoms with Crippen molar-refractivity contribution >= 4 is 23.7 Å². The third kappa shape index (κ3) is 2.89. The maximum Gasteiger partial charge on any atom is 0.271 e. The predicted octanol–water partition coefficient (Wildman–Crippen LogP) is 3.14. The molecule has 0 atom stereocenters. The Morgan fingerprint density at radius 3 is 2.77 bits per heavy atom. The first-order chi connectivity index (χ1) is 10.6. The Hall–Kier alpha value is -2.53. The maximum atomic E-state index is 12.0. The van der Waals surface area contributed by atoms with Gasteiger partial charge in [0.15, 0.2) is 11.5 Å². The van der Waals surface area contributed by atoms with Crippen LogP contribution in [0.25, 0.3) is 0 Å². The van der Waals surface area contributed by atoms with Crippen LogP contribution < -0.4 is 14.9 Å². The summed E-state index contributed by atoms with van der Waals surface area (Å²) in [5, 5.41) is 4.41. The average molecular weight is 317 g/mol. The van der Waals surface area contributed by atoms with Gasteiger partial charge in [-0.05, 0) is 24.6 Å². The maximum absolute atomic E-state index is 12.0. The van der Waals surface area contributed by atoms with Gasteiger partial charge >= 0.3 is 0 Å². The lowest BCUT2D eigenvalue weighted by Crippen LogP contribution is -2.18. The van der Waals surface area contributed by atoms with Crippen LogP contribution in [0.2, 0.25) is 5.02 Å². The second-order valence-corrected chi connectivity index (χ2v) is 5.15. The van der Waals surface area contributed by atoms with Crippen molar-refractivity contribution in [3.05, 3.63) is 58.1 Å². The summed E-state index contributed by atoms with van der Waals surface area (Å²) >= 11 is 6.13. The summed E-state index contributed by atoms with van der Waals surface area (Å²) in [6.45, 7) is 2.05. The van der Waals surface area contributed by atoms with Gasteiger partial charge in [0, 0.05) is 17.2 Å². The predicted molar refractivity (Wildman–Crippen MR) is 83.8 cm³/mol. The number of nitrogens with one attached hydrogen (secondary N) is 1. The number of halogens is 1. The van der Waals surface area contributed by atoms with Gasteiger partial charge < -0.3 is 9.47 Å². The Morgan fingerprint density at radius 1 is 1.27 bits per heavy atom. The number of fused-ring (bicyclic) bond motifs is 1. The van der Waals surface area contributed by atoms with Gasteiger partial charge in [0.05, 0.1) is 11.2 Å². The summed E-state index contributed by atoms with van der Waals surface area (Å²) in [5.41, 5.74) is 4.58. The molecule has 0 aliphatic carbocycles. The van der Waals surface area contributed by atoms with Crippen molar-refractivity contribution in [1.82, 2.24) is 5.43 Å². The van der Waals surface area contributed by atoms with E-state index in [1.165, 1.54) is 6.21 Å². The second-order valence-electron chi connectivity index (χ2n) is 4.74. The number of carbonyl (C=O) groups is 1. The number of benzene rings is 2. The lowest BCUT2D eigenvalue weighted by Gasteiger charge is -2.04. The van der Waals surface area contributed by atoms with E-state index in [1.807, 2.05) is 19.1 Å². The first kappa shape index (κ1) is 14.4. The molecule has 2 aromatic carbocycles. The molecule has 0 saturated heterocycles. The van der Waals surface area contributed by atoms with Gasteiger partial charge in [0.25, 0.3) is 5.91 Å². The van der Waals surface area contributed by atoms with Crippen molar-refractivity contribution in [1.29, 1.82) is 0 Å². The molecule has 0 fully saturated rings. The third-order valence-corrected chi connectivity index (χ3v) is 3.58. The zero-order chi connectivity index (χ0) is 15.5. The molecular weight excluding hydrogens is 304 g/mol. The van der Waals surface area contributed by atoms with Crippen molar-refractivity contribution in [2.24, 2.45) is 5.10 Å². The molecular formula is C16H13ClN2O3. The molecule has 1 N–H and O–H groups in total. The highest BCUT2D eigenvalue weighted by Gasteiger charge is 2.15. The normalized spacial score (nSPS) is 12.6. The van der Waals surface area contributed by atoms with Crippen molar-refractivity contribution in [2.75, 3.05) is 6.79 Å². The molecule has 0 spiro atoms. The smallest absolute Gasteiger partial charge is 0.271 e. The van der Waals surface area contributed by atoms with Crippen LogP contribution in [-0.2, 0) is 0 Å². The standard InChI is InChI=1S/C16H13ClN2O3/c1-10-4-2-3-5-12(10)16(20)19-18-8-11-6-14-15(7-13(11)17)22-9-21-14/h2-8H,9H2,1H3,(H,19,20)/b18-8+. The summed E-state index contributed by atoms with van der Waals surface area (Å²) in [5.74, 6) is 0.938. The van der Waals surface area contributed by atoms with Crippen molar-refractivity contribution in [3.63, 3.8) is 0 Å². The number of hydrogen-bond acceptors (Lipinski definition) is 4. The number of amides is 1. The molecule has 1 heterocycles. The minimum atomic E-state index is -0.272. The first-order valence-corrected chi connectivity index (χ1v) is 7.01. The zero-order valence-electron chi connectivity index (χ0n) is 11.8. The van der Waals surface area contributed by atoms with E-state index in [2.05, 4.69) is 10.5 Å². The molecule has 6 heteroatoms. The number of ether oxygens (including phenoxy) is 2. The van der Waals surface area contributed by atoms with Crippen molar-refractivity contribution < 1.29 is 14.3 Å². The first-order valence-electron chi connectivity index (χ1n) is 6.63. The summed E-state index contributed by atoms with van der Waals surface area (Å²) in [4.78, 5) is 12.0. The average Bonchev–Trinajstić information content (AvgIpc) is 2.94. The fourth-order valence-corrected chi connectivity index (χ4v) is 2.28. The summed E-state index contributed by atoms with van der Waals surface area (Å²) in [7, 11) is 0. The van der Waals surface area contributed by atoms with Gasteiger partial charge in [-0.2, -0.15) is 5.10 Å². The van der Waals surface area contributed by atoms with Crippen molar-refractivity contribution in [3.8, 4) is 11.5 Å². The molecule has 0 bridgehead atoms. The Bertz CT molecular complexity index is 759. The number of rotatable bonds is 3. The van der Waals surface area contributed by atoms with E-state index in [-0.39, 0.29) is 12.7 Å². The molecule has 3 rings (SSSR count). The van der Waals surface area contributed by atoms with Gasteiger partial charge in [0.1, 0.15) is 0 Å². The topological polar surface area (TPSA) is 59.9 Å². The lowest BCUT2D eigenvalue weighted by molar-refractivity contribution is 0.0954. The molecule has 1 amide bonds. The van der Waals surface area contributed by atoms with E-state index in [0.717, 1.165) is 5.56 Å². The van der Waals surface area contributed by atoms with E-state index in [0.29, 0.717) is 27.6 Å². The third-order valence-electron chi connectivity index (χ3n) is 3.25. The molecule has 0 radical (unpaired) electrons. The summed E-state index contributed by atoms with van der Waals surface area (Å²) in [6, 6.07) is 10.7. The number of nitrogens with zero attached hydrogens (tertiary/aromatic N) is 1. The molecule has 0 unspecified atom stereocenters. The summed E-state index contributed by atoms with van der Waals surface area (Å²) in [6.07, 6.45) is 1.47. The number of aryl methyl sites for hydroxylation is 1. The van der Waals surface area contributed by atoms with Gasteiger partial charge in [-0.3, -0.25) is 4.79 Å². The second kappa shape index (κ2) is 6.07. The SMILES string of the molecule is Cc1ccccc1C(=O)N/N=C/c1cc2c(cc1Cl)OCO2. The van der Waals surface area contributed by atoms with Gasteiger partial charge in [-0.1, -0.05) is 29.8 Å². The van der Waals surface area contributed by atoms with Crippen LogP contribution >= 0.6 is 11.6 Å². The molecule has 22 heavy (non-hydrogen) atoms. The Kier molecular flexibility index (Phi) is 3.98. The Labute approximate surface area is 132 Å². The highest BCUT2D eigenvalue weighted by atomic mass is 35.5. The van der Waals surface area contributed by atoms with Gasteiger partial charge in [0.2, 0.25) is 6.79 Å². The summed E-state index contributed by atoms with van der Waals surface area (Å²) < 4.78 is 10.5. The highest BCUT2D eigenvalue weighted by Crippen LogP contribution is 2.36. The van der Waals surface area contributed by atoms with Crippen LogP contribution in [0.15, 0.2) is 41.5 Å². The van der Waals surface area contributed by atoms with E-state index >= 15 is 0 Å². The van der Waals surface area contributed by atoms with Crippen LogP contribution in [0.5, 0.6) is 11.5 Å². The van der Waals surface area contributed by atoms with Crippen LogP contribution in [0.1, 0.15) is 21.5 Å². The lowest BCUT2D eigenvalue weighted by atomic mass is 10.1. The number of hydrogen-bond donors (Lipinski definition) is 1. The van der Waals surface area contributed by atoms with Crippen LogP contribution in [-0.4, -0.2) is 18.9 Å². The molecule has 0 saturated carbocycles. The quantitative estimate of drug-likeness (QED) is 0.699. The molecule has 5 nitrogen and oxygen atoms in total. The zero-order valence-corrected chi connectivity index (χ0v) is 12.6. The van der Waals surface area contributed by atoms with Gasteiger partial charge in [-0.25, -0.2) is 5.43 Å². The largest absolute Gasteiger partial charge is 0.454 e. The molecule has 1 aliphatic rings. The fraction of sp³-hybridized carbons (Fsp3) is 0.125. The number of hydrazone groups is 1. The molecule has 0 aromatic heterocycles. The molecule has 2 aromatic rings. The van der Waals surface area contributed by atoms with Gasteiger partial charge in [-0.15, -0.1) is 0 Å². The van der Waals surface area contributed by atoms with Crippen LogP contribution in [0, 0.1) is 6.92 Å². The van der Waals surface area contributed by atoms with E-state index < -0.39 is 0 Å². The molecule has 112 valence electrons. The minimum Gasteiger partial charge on any atom is -0.454 e. The van der Waals surface area contributed by atoms with E-state index in [9.17, 15) is 4.79 Å². The van der Waals surface area contributed by atoms with Crippen molar-refractivity contribution in [2.45, 2.75) is 6.92 Å².